The molecular formula is C14H18N4O4S2. The second-order valence-corrected chi connectivity index (χ2v) is 9.39. The minimum atomic E-state index is -3.13. The largest absolute Gasteiger partial charge is 0.297 e. The Morgan fingerprint density at radius 2 is 2.08 bits per heavy atom. The van der Waals surface area contributed by atoms with Crippen LogP contribution in [0.2, 0.25) is 0 Å². The van der Waals surface area contributed by atoms with E-state index < -0.39 is 21.8 Å². The SMILES string of the molecule is Cc1nc(NC(=O)C2=NN(C3CCS(=O)(=O)C3)C(=O)CC2)sc1C. The van der Waals surface area contributed by atoms with Gasteiger partial charge in [-0.15, -0.1) is 11.3 Å². The van der Waals surface area contributed by atoms with E-state index in [-0.39, 0.29) is 36.0 Å². The molecule has 0 saturated carbocycles. The first-order valence-electron chi connectivity index (χ1n) is 7.60. The number of hydrogen-bond donors (Lipinski definition) is 1. The zero-order valence-corrected chi connectivity index (χ0v) is 15.0. The number of carbonyl (C=O) groups is 2. The smallest absolute Gasteiger partial charge is 0.273 e. The molecule has 1 aromatic rings. The molecule has 1 atom stereocenters. The lowest BCUT2D eigenvalue weighted by molar-refractivity contribution is -0.133. The van der Waals surface area contributed by atoms with E-state index in [1.807, 2.05) is 13.8 Å². The first-order valence-corrected chi connectivity index (χ1v) is 10.2. The van der Waals surface area contributed by atoms with Gasteiger partial charge in [0.1, 0.15) is 5.71 Å². The van der Waals surface area contributed by atoms with Crippen molar-refractivity contribution in [2.45, 2.75) is 39.2 Å². The Morgan fingerprint density at radius 1 is 1.33 bits per heavy atom. The van der Waals surface area contributed by atoms with Gasteiger partial charge in [-0.05, 0) is 20.3 Å². The summed E-state index contributed by atoms with van der Waals surface area (Å²) < 4.78 is 23.2. The summed E-state index contributed by atoms with van der Waals surface area (Å²) in [7, 11) is -3.13. The third-order valence-corrected chi connectivity index (χ3v) is 6.86. The summed E-state index contributed by atoms with van der Waals surface area (Å²) in [4.78, 5) is 29.7. The van der Waals surface area contributed by atoms with E-state index >= 15 is 0 Å². The first kappa shape index (κ1) is 17.0. The fourth-order valence-electron chi connectivity index (χ4n) is 2.68. The maximum absolute atomic E-state index is 12.4. The van der Waals surface area contributed by atoms with E-state index in [9.17, 15) is 18.0 Å². The third kappa shape index (κ3) is 3.48. The molecular weight excluding hydrogens is 352 g/mol. The van der Waals surface area contributed by atoms with Crippen molar-refractivity contribution in [2.24, 2.45) is 5.10 Å². The average molecular weight is 370 g/mol. The molecule has 1 aromatic heterocycles. The van der Waals surface area contributed by atoms with Crippen molar-refractivity contribution in [3.8, 4) is 0 Å². The van der Waals surface area contributed by atoms with Crippen LogP contribution < -0.4 is 5.32 Å². The van der Waals surface area contributed by atoms with E-state index in [4.69, 9.17) is 0 Å². The van der Waals surface area contributed by atoms with Gasteiger partial charge in [-0.1, -0.05) is 0 Å². The molecule has 2 aliphatic heterocycles. The summed E-state index contributed by atoms with van der Waals surface area (Å²) in [5.41, 5.74) is 1.08. The summed E-state index contributed by atoms with van der Waals surface area (Å²) in [5.74, 6) is -0.685. The molecule has 3 heterocycles. The topological polar surface area (TPSA) is 109 Å². The minimum absolute atomic E-state index is 0.0518. The van der Waals surface area contributed by atoms with E-state index in [2.05, 4.69) is 15.4 Å². The molecule has 1 fully saturated rings. The molecule has 0 radical (unpaired) electrons. The zero-order valence-electron chi connectivity index (χ0n) is 13.4. The number of carbonyl (C=O) groups excluding carboxylic acids is 2. The van der Waals surface area contributed by atoms with Gasteiger partial charge in [-0.2, -0.15) is 5.10 Å². The van der Waals surface area contributed by atoms with Crippen molar-refractivity contribution in [1.82, 2.24) is 9.99 Å². The molecule has 1 saturated heterocycles. The lowest BCUT2D eigenvalue weighted by Gasteiger charge is -2.27. The van der Waals surface area contributed by atoms with Gasteiger partial charge in [-0.3, -0.25) is 14.9 Å². The monoisotopic (exact) mass is 370 g/mol. The van der Waals surface area contributed by atoms with Gasteiger partial charge < -0.3 is 0 Å². The van der Waals surface area contributed by atoms with E-state index in [0.717, 1.165) is 10.6 Å². The molecule has 3 rings (SSSR count). The lowest BCUT2D eigenvalue weighted by atomic mass is 10.1. The molecule has 10 heteroatoms. The number of nitrogens with one attached hydrogen (secondary N) is 1. The van der Waals surface area contributed by atoms with Crippen LogP contribution in [0, 0.1) is 13.8 Å². The fourth-order valence-corrected chi connectivity index (χ4v) is 5.19. The van der Waals surface area contributed by atoms with Crippen LogP contribution in [0.3, 0.4) is 0 Å². The van der Waals surface area contributed by atoms with Crippen molar-refractivity contribution in [3.63, 3.8) is 0 Å². The Morgan fingerprint density at radius 3 is 2.67 bits per heavy atom. The average Bonchev–Trinajstić information content (AvgIpc) is 3.01. The van der Waals surface area contributed by atoms with E-state index in [0.29, 0.717) is 11.6 Å². The third-order valence-electron chi connectivity index (χ3n) is 4.13. The number of anilines is 1. The highest BCUT2D eigenvalue weighted by atomic mass is 32.2. The van der Waals surface area contributed by atoms with Crippen LogP contribution in [0.15, 0.2) is 5.10 Å². The van der Waals surface area contributed by atoms with Crippen molar-refractivity contribution in [2.75, 3.05) is 16.8 Å². The molecule has 24 heavy (non-hydrogen) atoms. The Kier molecular flexibility index (Phi) is 4.43. The summed E-state index contributed by atoms with van der Waals surface area (Å²) in [6.45, 7) is 3.78. The van der Waals surface area contributed by atoms with Crippen LogP contribution in [0.25, 0.3) is 0 Å². The quantitative estimate of drug-likeness (QED) is 0.849. The van der Waals surface area contributed by atoms with Gasteiger partial charge in [0.2, 0.25) is 5.91 Å². The van der Waals surface area contributed by atoms with Crippen molar-refractivity contribution < 1.29 is 18.0 Å². The number of hydrazone groups is 1. The molecule has 8 nitrogen and oxygen atoms in total. The predicted octanol–water partition coefficient (Wildman–Crippen LogP) is 0.864. The summed E-state index contributed by atoms with van der Waals surface area (Å²) in [6, 6.07) is -0.477. The summed E-state index contributed by atoms with van der Waals surface area (Å²) in [6.07, 6.45) is 0.750. The Labute approximate surface area is 143 Å². The Balaban J connectivity index is 1.76. The maximum atomic E-state index is 12.4. The highest BCUT2D eigenvalue weighted by Gasteiger charge is 2.37. The molecule has 130 valence electrons. The maximum Gasteiger partial charge on any atom is 0.273 e. The van der Waals surface area contributed by atoms with Gasteiger partial charge in [0.15, 0.2) is 15.0 Å². The van der Waals surface area contributed by atoms with Gasteiger partial charge in [0.25, 0.3) is 5.91 Å². The summed E-state index contributed by atoms with van der Waals surface area (Å²) in [5, 5.41) is 8.51. The fraction of sp³-hybridized carbons (Fsp3) is 0.571. The van der Waals surface area contributed by atoms with Gasteiger partial charge >= 0.3 is 0 Å². The zero-order chi connectivity index (χ0) is 17.5. The lowest BCUT2D eigenvalue weighted by Crippen LogP contribution is -2.42. The van der Waals surface area contributed by atoms with E-state index in [1.165, 1.54) is 16.3 Å². The van der Waals surface area contributed by atoms with Crippen LogP contribution in [0.4, 0.5) is 5.13 Å². The first-order chi connectivity index (χ1) is 11.2. The van der Waals surface area contributed by atoms with Crippen molar-refractivity contribution in [3.05, 3.63) is 10.6 Å². The molecule has 2 amide bonds. The molecule has 0 spiro atoms. The molecule has 1 unspecified atom stereocenters. The van der Waals surface area contributed by atoms with E-state index in [1.54, 1.807) is 0 Å². The predicted molar refractivity (Wildman–Crippen MR) is 90.8 cm³/mol. The van der Waals surface area contributed by atoms with Gasteiger partial charge in [-0.25, -0.2) is 18.4 Å². The van der Waals surface area contributed by atoms with Crippen LogP contribution in [0.1, 0.15) is 29.8 Å². The number of hydrogen-bond acceptors (Lipinski definition) is 7. The summed E-state index contributed by atoms with van der Waals surface area (Å²) >= 11 is 1.38. The number of nitrogens with zero attached hydrogens (tertiary/aromatic N) is 3. The highest BCUT2D eigenvalue weighted by molar-refractivity contribution is 7.91. The molecule has 2 aliphatic rings. The number of aromatic nitrogens is 1. The number of sulfone groups is 1. The van der Waals surface area contributed by atoms with Crippen molar-refractivity contribution >= 4 is 43.8 Å². The molecule has 1 N–H and O–H groups in total. The van der Waals surface area contributed by atoms with Crippen LogP contribution in [-0.4, -0.2) is 53.5 Å². The number of thiazole rings is 1. The molecule has 0 aromatic carbocycles. The van der Waals surface area contributed by atoms with Crippen LogP contribution in [0.5, 0.6) is 0 Å². The molecule has 0 aliphatic carbocycles. The minimum Gasteiger partial charge on any atom is -0.297 e. The van der Waals surface area contributed by atoms with Crippen LogP contribution in [-0.2, 0) is 19.4 Å². The normalized spacial score (nSPS) is 23.2. The van der Waals surface area contributed by atoms with Crippen LogP contribution >= 0.6 is 11.3 Å². The number of rotatable bonds is 3. The van der Waals surface area contributed by atoms with Gasteiger partial charge in [0, 0.05) is 17.7 Å². The van der Waals surface area contributed by atoms with Crippen molar-refractivity contribution in [1.29, 1.82) is 0 Å². The van der Waals surface area contributed by atoms with Gasteiger partial charge in [0.05, 0.1) is 23.2 Å². The Hall–Kier alpha value is -1.81. The highest BCUT2D eigenvalue weighted by Crippen LogP contribution is 2.24. The number of aryl methyl sites for hydroxylation is 2. The molecule has 0 bridgehead atoms. The second-order valence-electron chi connectivity index (χ2n) is 5.96. The number of amides is 2. The second kappa shape index (κ2) is 6.25. The standard InChI is InChI=1S/C14H18N4O4S2/c1-8-9(2)23-14(15-8)16-13(20)11-3-4-12(19)18(17-11)10-5-6-24(21,22)7-10/h10H,3-7H2,1-2H3,(H,15,16,20). The Bertz CT molecular complexity index is 808.